The molecule has 0 saturated heterocycles. The van der Waals surface area contributed by atoms with Gasteiger partial charge in [-0.1, -0.05) is 226 Å². The van der Waals surface area contributed by atoms with Crippen LogP contribution in [-0.2, 0) is 36.5 Å². The van der Waals surface area contributed by atoms with Crippen molar-refractivity contribution in [1.82, 2.24) is 0 Å². The van der Waals surface area contributed by atoms with E-state index < -0.39 is 5.41 Å². The van der Waals surface area contributed by atoms with Crippen molar-refractivity contribution in [3.63, 3.8) is 0 Å². The van der Waals surface area contributed by atoms with E-state index in [4.69, 9.17) is 0 Å². The van der Waals surface area contributed by atoms with Crippen molar-refractivity contribution in [2.24, 2.45) is 0 Å². The molecule has 2 nitrogen and oxygen atoms in total. The fourth-order valence-corrected chi connectivity index (χ4v) is 18.8. The summed E-state index contributed by atoms with van der Waals surface area (Å²) in [5, 5.41) is 0. The summed E-state index contributed by atoms with van der Waals surface area (Å²) in [6.45, 7) is 9.08. The number of benzene rings is 6. The van der Waals surface area contributed by atoms with Gasteiger partial charge in [0.05, 0.1) is 28.2 Å². The van der Waals surface area contributed by atoms with Gasteiger partial charge in [0.2, 0.25) is 0 Å². The number of aryl methyl sites for hydroxylation is 4. The number of carbonyl (C=O) groups is 2. The van der Waals surface area contributed by atoms with Crippen LogP contribution in [-0.4, -0.2) is 12.6 Å². The van der Waals surface area contributed by atoms with Crippen LogP contribution in [0, 0.1) is 0 Å². The molecule has 0 aliphatic heterocycles. The van der Waals surface area contributed by atoms with Gasteiger partial charge in [-0.3, -0.25) is 9.59 Å². The van der Waals surface area contributed by atoms with Crippen LogP contribution in [0.3, 0.4) is 0 Å². The maximum absolute atomic E-state index is 12.1. The van der Waals surface area contributed by atoms with Gasteiger partial charge >= 0.3 is 0 Å². The number of hydrogen-bond donors (Lipinski definition) is 0. The summed E-state index contributed by atoms with van der Waals surface area (Å²) in [5.41, 5.74) is 20.1. The Morgan fingerprint density at radius 2 is 0.705 bits per heavy atom. The van der Waals surface area contributed by atoms with E-state index in [9.17, 15) is 9.59 Å². The minimum atomic E-state index is -0.551. The molecule has 452 valence electrons. The van der Waals surface area contributed by atoms with Crippen LogP contribution >= 0.6 is 77.2 Å². The first-order valence-electron chi connectivity index (χ1n) is 32.5. The Hall–Kier alpha value is -5.58. The Morgan fingerprint density at radius 1 is 0.330 bits per heavy atom. The molecule has 8 heteroatoms. The minimum Gasteiger partial charge on any atom is -0.297 e. The molecule has 6 aromatic carbocycles. The molecule has 2 aliphatic rings. The van der Waals surface area contributed by atoms with E-state index in [1.165, 1.54) is 220 Å². The maximum Gasteiger partial charge on any atom is 0.160 e. The molecule has 0 amide bonds. The Kier molecular flexibility index (Phi) is 21.8. The number of unbranched alkanes of at least 4 members (excludes halogenated alkanes) is 12. The summed E-state index contributed by atoms with van der Waals surface area (Å²) >= 11 is 14.4. The van der Waals surface area contributed by atoms with Crippen molar-refractivity contribution in [2.45, 2.75) is 167 Å². The van der Waals surface area contributed by atoms with E-state index in [1.54, 1.807) is 22.7 Å². The first-order chi connectivity index (χ1) is 43.2. The smallest absolute Gasteiger partial charge is 0.160 e. The molecule has 0 radical (unpaired) electrons. The molecule has 12 rings (SSSR count). The molecule has 88 heavy (non-hydrogen) atoms. The van der Waals surface area contributed by atoms with E-state index >= 15 is 0 Å². The molecule has 4 aromatic heterocycles. The molecule has 10 aromatic rings. The maximum atomic E-state index is 12.1. The summed E-state index contributed by atoms with van der Waals surface area (Å²) in [6.07, 6.45) is 26.8. The first kappa shape index (κ1) is 64.0. The van der Waals surface area contributed by atoms with E-state index in [0.29, 0.717) is 0 Å². The molecule has 0 bridgehead atoms. The predicted octanol–water partition coefficient (Wildman–Crippen LogP) is 25.3. The van der Waals surface area contributed by atoms with Gasteiger partial charge < -0.3 is 0 Å². The van der Waals surface area contributed by atoms with Crippen LogP contribution in [0.4, 0.5) is 0 Å². The molecular weight excluding hydrogens is 1280 g/mol. The number of hydrogen-bond acceptors (Lipinski definition) is 6. The summed E-state index contributed by atoms with van der Waals surface area (Å²) in [4.78, 5) is 30.1. The third kappa shape index (κ3) is 13.4. The quantitative estimate of drug-likeness (QED) is 0.0362. The van der Waals surface area contributed by atoms with Crippen LogP contribution in [0.15, 0.2) is 177 Å². The van der Waals surface area contributed by atoms with Gasteiger partial charge in [0.25, 0.3) is 0 Å². The van der Waals surface area contributed by atoms with Crippen molar-refractivity contribution in [3.8, 4) is 41.8 Å². The molecule has 0 unspecified atom stereocenters. The Morgan fingerprint density at radius 3 is 1.07 bits per heavy atom. The molecule has 0 N–H and O–H groups in total. The highest BCUT2D eigenvalue weighted by atomic mass is 79.9. The SMILES string of the molecule is CCCCCCc1ccc(C2(c3ccc(CCCCCC)cc3)c3cc(-c4ccc(Br)s4)ccc3-c3sc(Br)cc32)cc1.CCCCCCc1ccc(C2(c3ccc(CCCCCC)cc3)c3cc(-c4ccc(C=O)s4)ccc3-c3sc(C=O)cc32)cc1. The zero-order valence-corrected chi connectivity index (χ0v) is 58.1. The molecule has 0 spiro atoms. The van der Waals surface area contributed by atoms with Crippen molar-refractivity contribution >= 4 is 89.8 Å². The third-order valence-electron chi connectivity index (χ3n) is 18.4. The standard InChI is InChI=1S/C41H42O2S2.C39H40Br2S2/c1-3-5-7-9-11-29-13-18-32(19-14-29)41(33-20-15-30(16-21-33)12-10-8-6-4-2)37-25-31(39-24-22-34(27-42)44-39)17-23-36(37)40-38(41)26-35(28-43)45-40;1-3-5-7-9-11-27-13-18-30(19-14-27)39(31-20-15-28(16-21-31)12-10-8-6-4-2)33-25-29(35-23-24-36(40)42-35)17-22-32(33)38-34(39)26-37(41)43-38/h13-28H,3-12H2,1-2H3;13-26H,3-12H2,1-2H3. The third-order valence-corrected chi connectivity index (χ3v) is 23.9. The van der Waals surface area contributed by atoms with Crippen LogP contribution in [0.2, 0.25) is 0 Å². The molecular formula is C80H82Br2O2S4. The van der Waals surface area contributed by atoms with Crippen molar-refractivity contribution in [1.29, 1.82) is 0 Å². The van der Waals surface area contributed by atoms with E-state index in [-0.39, 0.29) is 5.41 Å². The van der Waals surface area contributed by atoms with Gasteiger partial charge in [0.15, 0.2) is 12.6 Å². The van der Waals surface area contributed by atoms with Crippen LogP contribution in [0.5, 0.6) is 0 Å². The number of carbonyl (C=O) groups excluding carboxylic acids is 2. The lowest BCUT2D eigenvalue weighted by molar-refractivity contribution is 0.111. The van der Waals surface area contributed by atoms with Gasteiger partial charge in [-0.05, 0) is 221 Å². The summed E-state index contributed by atoms with van der Waals surface area (Å²) < 4.78 is 2.36. The fraction of sp³-hybridized carbons (Fsp3) is 0.325. The Bertz CT molecular complexity index is 3820. The molecule has 4 heterocycles. The van der Waals surface area contributed by atoms with Crippen LogP contribution in [0.1, 0.15) is 217 Å². The second kappa shape index (κ2) is 30.0. The van der Waals surface area contributed by atoms with Gasteiger partial charge in [0.1, 0.15) is 0 Å². The lowest BCUT2D eigenvalue weighted by atomic mass is 9.67. The largest absolute Gasteiger partial charge is 0.297 e. The number of fused-ring (bicyclic) bond motifs is 6. The molecule has 2 aliphatic carbocycles. The fourth-order valence-electron chi connectivity index (χ4n) is 13.8. The lowest BCUT2D eigenvalue weighted by Gasteiger charge is -2.34. The summed E-state index contributed by atoms with van der Waals surface area (Å²) in [6, 6.07) is 64.6. The monoisotopic (exact) mass is 1360 g/mol. The van der Waals surface area contributed by atoms with Gasteiger partial charge in [0, 0.05) is 19.5 Å². The Balaban J connectivity index is 0.000000182. The molecule has 0 saturated carbocycles. The van der Waals surface area contributed by atoms with Crippen molar-refractivity contribution < 1.29 is 9.59 Å². The second-order valence-electron chi connectivity index (χ2n) is 24.3. The highest BCUT2D eigenvalue weighted by Crippen LogP contribution is 2.61. The predicted molar refractivity (Wildman–Crippen MR) is 387 cm³/mol. The number of aldehydes is 2. The van der Waals surface area contributed by atoms with E-state index in [0.717, 1.165) is 58.5 Å². The van der Waals surface area contributed by atoms with Crippen LogP contribution < -0.4 is 0 Å². The highest BCUT2D eigenvalue weighted by molar-refractivity contribution is 9.11. The van der Waals surface area contributed by atoms with Gasteiger partial charge in [-0.2, -0.15) is 0 Å². The number of thiophene rings is 4. The average Bonchev–Trinajstić information content (AvgIpc) is 1.54. The zero-order valence-electron chi connectivity index (χ0n) is 51.7. The minimum absolute atomic E-state index is 0.362. The molecule has 0 fully saturated rings. The number of halogens is 2. The van der Waals surface area contributed by atoms with Crippen LogP contribution in [0.25, 0.3) is 41.8 Å². The highest BCUT2D eigenvalue weighted by Gasteiger charge is 2.49. The van der Waals surface area contributed by atoms with E-state index in [2.05, 4.69) is 217 Å². The van der Waals surface area contributed by atoms with Gasteiger partial charge in [-0.25, -0.2) is 0 Å². The second-order valence-corrected chi connectivity index (χ2v) is 31.4. The molecule has 0 atom stereocenters. The number of rotatable bonds is 28. The van der Waals surface area contributed by atoms with Gasteiger partial charge in [-0.15, -0.1) is 45.3 Å². The average molecular weight is 1360 g/mol. The zero-order chi connectivity index (χ0) is 61.0. The Labute approximate surface area is 557 Å². The normalized spacial score (nSPS) is 13.2. The van der Waals surface area contributed by atoms with Crippen molar-refractivity contribution in [3.05, 3.63) is 254 Å². The lowest BCUT2D eigenvalue weighted by Crippen LogP contribution is -2.28. The van der Waals surface area contributed by atoms with E-state index in [1.807, 2.05) is 23.5 Å². The topological polar surface area (TPSA) is 34.1 Å². The van der Waals surface area contributed by atoms with Crippen molar-refractivity contribution in [2.75, 3.05) is 0 Å². The summed E-state index contributed by atoms with van der Waals surface area (Å²) in [7, 11) is 0. The summed E-state index contributed by atoms with van der Waals surface area (Å²) in [5.74, 6) is 0. The first-order valence-corrected chi connectivity index (χ1v) is 37.4.